The molecular formula is C14H15BrN2. The molecule has 0 unspecified atom stereocenters. The van der Waals surface area contributed by atoms with Gasteiger partial charge in [-0.2, -0.15) is 5.10 Å². The molecule has 0 bridgehead atoms. The number of aromatic amines is 1. The highest BCUT2D eigenvalue weighted by molar-refractivity contribution is 9.10. The lowest BCUT2D eigenvalue weighted by molar-refractivity contribution is 0.963. The summed E-state index contributed by atoms with van der Waals surface area (Å²) in [6, 6.07) is 6.50. The first kappa shape index (κ1) is 11.0. The maximum Gasteiger partial charge on any atom is 0.107 e. The second-order valence-electron chi connectivity index (χ2n) is 4.89. The van der Waals surface area contributed by atoms with Crippen molar-refractivity contribution in [2.24, 2.45) is 0 Å². The number of aryl methyl sites for hydroxylation is 2. The van der Waals surface area contributed by atoms with Crippen LogP contribution in [0.5, 0.6) is 0 Å². The molecule has 0 atom stereocenters. The Hall–Kier alpha value is -1.09. The second kappa shape index (κ2) is 3.98. The topological polar surface area (TPSA) is 28.7 Å². The van der Waals surface area contributed by atoms with Gasteiger partial charge in [0.25, 0.3) is 0 Å². The van der Waals surface area contributed by atoms with E-state index in [9.17, 15) is 0 Å². The van der Waals surface area contributed by atoms with Gasteiger partial charge >= 0.3 is 0 Å². The van der Waals surface area contributed by atoms with Crippen molar-refractivity contribution in [2.75, 3.05) is 0 Å². The summed E-state index contributed by atoms with van der Waals surface area (Å²) in [5.74, 6) is 0.691. The van der Waals surface area contributed by atoms with Crippen LogP contribution in [0.1, 0.15) is 35.6 Å². The van der Waals surface area contributed by atoms with E-state index in [1.807, 2.05) is 0 Å². The number of H-pyrrole nitrogens is 1. The van der Waals surface area contributed by atoms with Gasteiger partial charge in [0.1, 0.15) is 5.69 Å². The van der Waals surface area contributed by atoms with Gasteiger partial charge in [-0.25, -0.2) is 0 Å². The van der Waals surface area contributed by atoms with Crippen molar-refractivity contribution in [1.82, 2.24) is 10.2 Å². The zero-order valence-corrected chi connectivity index (χ0v) is 11.6. The third-order valence-electron chi connectivity index (χ3n) is 3.37. The van der Waals surface area contributed by atoms with Gasteiger partial charge in [0.2, 0.25) is 0 Å². The standard InChI is InChI=1S/C14H15BrN2/c1-8-3-4-9(2)11(7-8)14-12(15)13(16-17-14)10-5-6-10/h3-4,7,10H,5-6H2,1-2H3,(H,16,17). The molecule has 0 saturated heterocycles. The van der Waals surface area contributed by atoms with Crippen molar-refractivity contribution in [1.29, 1.82) is 0 Å². The first-order valence-corrected chi connectivity index (χ1v) is 6.77. The molecule has 0 amide bonds. The zero-order valence-electron chi connectivity index (χ0n) is 10.0. The van der Waals surface area contributed by atoms with Gasteiger partial charge in [-0.1, -0.05) is 17.7 Å². The predicted octanol–water partition coefficient (Wildman–Crippen LogP) is 4.33. The van der Waals surface area contributed by atoms with Gasteiger partial charge in [-0.3, -0.25) is 5.10 Å². The number of rotatable bonds is 2. The molecule has 2 nitrogen and oxygen atoms in total. The molecule has 1 heterocycles. The maximum absolute atomic E-state index is 4.48. The summed E-state index contributed by atoms with van der Waals surface area (Å²) in [6.07, 6.45) is 2.57. The average Bonchev–Trinajstić information content (AvgIpc) is 3.07. The lowest BCUT2D eigenvalue weighted by Gasteiger charge is -2.04. The van der Waals surface area contributed by atoms with Crippen molar-refractivity contribution in [3.63, 3.8) is 0 Å². The zero-order chi connectivity index (χ0) is 12.0. The number of hydrogen-bond donors (Lipinski definition) is 1. The molecule has 1 fully saturated rings. The first-order chi connectivity index (χ1) is 8.16. The fourth-order valence-corrected chi connectivity index (χ4v) is 2.87. The molecule has 1 aliphatic rings. The van der Waals surface area contributed by atoms with Crippen LogP contribution in [0, 0.1) is 13.8 Å². The van der Waals surface area contributed by atoms with Crippen LogP contribution in [0.3, 0.4) is 0 Å². The number of hydrogen-bond acceptors (Lipinski definition) is 1. The van der Waals surface area contributed by atoms with Crippen molar-refractivity contribution < 1.29 is 0 Å². The number of halogens is 1. The van der Waals surface area contributed by atoms with Gasteiger partial charge < -0.3 is 0 Å². The Kier molecular flexibility index (Phi) is 2.58. The molecule has 3 heteroatoms. The number of nitrogens with zero attached hydrogens (tertiary/aromatic N) is 1. The minimum atomic E-state index is 0.691. The Morgan fingerprint density at radius 1 is 1.29 bits per heavy atom. The highest BCUT2D eigenvalue weighted by Gasteiger charge is 2.29. The molecule has 1 aliphatic carbocycles. The van der Waals surface area contributed by atoms with Crippen LogP contribution in [-0.2, 0) is 0 Å². The van der Waals surface area contributed by atoms with E-state index in [2.05, 4.69) is 58.2 Å². The monoisotopic (exact) mass is 290 g/mol. The number of benzene rings is 1. The third kappa shape index (κ3) is 1.93. The fourth-order valence-electron chi connectivity index (χ4n) is 2.15. The van der Waals surface area contributed by atoms with Gasteiger partial charge in [0.05, 0.1) is 10.2 Å². The summed E-state index contributed by atoms with van der Waals surface area (Å²) < 4.78 is 1.15. The van der Waals surface area contributed by atoms with E-state index in [0.717, 1.165) is 10.2 Å². The minimum Gasteiger partial charge on any atom is -0.280 e. The summed E-state index contributed by atoms with van der Waals surface area (Å²) >= 11 is 3.69. The second-order valence-corrected chi connectivity index (χ2v) is 5.69. The molecule has 0 radical (unpaired) electrons. The molecule has 17 heavy (non-hydrogen) atoms. The van der Waals surface area contributed by atoms with E-state index in [0.29, 0.717) is 5.92 Å². The van der Waals surface area contributed by atoms with Gasteiger partial charge in [0.15, 0.2) is 0 Å². The average molecular weight is 291 g/mol. The van der Waals surface area contributed by atoms with E-state index in [1.54, 1.807) is 0 Å². The van der Waals surface area contributed by atoms with Crippen LogP contribution < -0.4 is 0 Å². The number of aromatic nitrogens is 2. The van der Waals surface area contributed by atoms with E-state index in [1.165, 1.54) is 35.2 Å². The highest BCUT2D eigenvalue weighted by atomic mass is 79.9. The lowest BCUT2D eigenvalue weighted by Crippen LogP contribution is -1.86. The van der Waals surface area contributed by atoms with Gasteiger partial charge in [-0.05, 0) is 54.2 Å². The number of nitrogens with one attached hydrogen (secondary N) is 1. The Morgan fingerprint density at radius 2 is 2.06 bits per heavy atom. The van der Waals surface area contributed by atoms with Crippen molar-refractivity contribution in [2.45, 2.75) is 32.6 Å². The quantitative estimate of drug-likeness (QED) is 0.876. The van der Waals surface area contributed by atoms with Crippen molar-refractivity contribution in [3.05, 3.63) is 39.5 Å². The minimum absolute atomic E-state index is 0.691. The van der Waals surface area contributed by atoms with Crippen LogP contribution in [0.25, 0.3) is 11.3 Å². The summed E-state index contributed by atoms with van der Waals surface area (Å²) in [7, 11) is 0. The van der Waals surface area contributed by atoms with Crippen molar-refractivity contribution in [3.8, 4) is 11.3 Å². The molecule has 1 aromatic heterocycles. The Balaban J connectivity index is 2.11. The summed E-state index contributed by atoms with van der Waals surface area (Å²) in [5.41, 5.74) is 6.08. The molecule has 88 valence electrons. The fraction of sp³-hybridized carbons (Fsp3) is 0.357. The highest BCUT2D eigenvalue weighted by Crippen LogP contribution is 2.44. The molecular weight excluding hydrogens is 276 g/mol. The molecule has 1 aromatic carbocycles. The summed E-state index contributed by atoms with van der Waals surface area (Å²) in [6.45, 7) is 4.25. The van der Waals surface area contributed by atoms with E-state index in [-0.39, 0.29) is 0 Å². The van der Waals surface area contributed by atoms with Gasteiger partial charge in [0, 0.05) is 11.5 Å². The molecule has 0 aliphatic heterocycles. The molecule has 1 saturated carbocycles. The Morgan fingerprint density at radius 3 is 2.76 bits per heavy atom. The van der Waals surface area contributed by atoms with Crippen LogP contribution in [0.4, 0.5) is 0 Å². The molecule has 0 spiro atoms. The molecule has 3 rings (SSSR count). The van der Waals surface area contributed by atoms with Crippen LogP contribution >= 0.6 is 15.9 Å². The Bertz CT molecular complexity index is 568. The van der Waals surface area contributed by atoms with Crippen LogP contribution in [-0.4, -0.2) is 10.2 Å². The maximum atomic E-state index is 4.48. The largest absolute Gasteiger partial charge is 0.280 e. The predicted molar refractivity (Wildman–Crippen MR) is 73.2 cm³/mol. The van der Waals surface area contributed by atoms with E-state index in [4.69, 9.17) is 0 Å². The molecule has 1 N–H and O–H groups in total. The Labute approximate surface area is 110 Å². The summed E-state index contributed by atoms with van der Waals surface area (Å²) in [5, 5.41) is 7.66. The lowest BCUT2D eigenvalue weighted by atomic mass is 10.0. The SMILES string of the molecule is Cc1ccc(C)c(-c2n[nH]c(C3CC3)c2Br)c1. The van der Waals surface area contributed by atoms with Crippen LogP contribution in [0.15, 0.2) is 22.7 Å². The third-order valence-corrected chi connectivity index (χ3v) is 4.17. The molecule has 2 aromatic rings. The summed E-state index contributed by atoms with van der Waals surface area (Å²) in [4.78, 5) is 0. The van der Waals surface area contributed by atoms with E-state index < -0.39 is 0 Å². The van der Waals surface area contributed by atoms with Crippen molar-refractivity contribution >= 4 is 15.9 Å². The van der Waals surface area contributed by atoms with Crippen LogP contribution in [0.2, 0.25) is 0 Å². The smallest absolute Gasteiger partial charge is 0.107 e. The normalized spacial score (nSPS) is 15.2. The van der Waals surface area contributed by atoms with E-state index >= 15 is 0 Å². The van der Waals surface area contributed by atoms with Gasteiger partial charge in [-0.15, -0.1) is 0 Å². The first-order valence-electron chi connectivity index (χ1n) is 5.98.